The molecule has 1 fully saturated rings. The summed E-state index contributed by atoms with van der Waals surface area (Å²) < 4.78 is 11.0. The molecule has 0 spiro atoms. The molecule has 1 aromatic carbocycles. The summed E-state index contributed by atoms with van der Waals surface area (Å²) in [4.78, 5) is 6.52. The third kappa shape index (κ3) is 6.92. The van der Waals surface area contributed by atoms with Crippen LogP contribution in [0.1, 0.15) is 5.56 Å². The van der Waals surface area contributed by atoms with E-state index in [1.165, 1.54) is 0 Å². The van der Waals surface area contributed by atoms with Crippen molar-refractivity contribution in [1.29, 1.82) is 0 Å². The van der Waals surface area contributed by atoms with E-state index in [0.717, 1.165) is 43.5 Å². The molecule has 6 nitrogen and oxygen atoms in total. The zero-order valence-corrected chi connectivity index (χ0v) is 16.4. The first-order valence-electron chi connectivity index (χ1n) is 7.59. The predicted octanol–water partition coefficient (Wildman–Crippen LogP) is 1.31. The molecule has 1 aromatic rings. The minimum atomic E-state index is 0. The first-order valence-corrected chi connectivity index (χ1v) is 7.59. The maximum atomic E-state index is 5.73. The molecule has 0 aromatic heterocycles. The van der Waals surface area contributed by atoms with Crippen molar-refractivity contribution in [2.75, 3.05) is 47.4 Å². The maximum absolute atomic E-state index is 5.73. The lowest BCUT2D eigenvalue weighted by atomic mass is 10.2. The van der Waals surface area contributed by atoms with E-state index in [-0.39, 0.29) is 30.1 Å². The number of hydrogen-bond acceptors (Lipinski definition) is 4. The Kier molecular flexibility index (Phi) is 9.27. The number of methoxy groups -OCH3 is 1. The molecule has 1 aliphatic heterocycles. The van der Waals surface area contributed by atoms with Crippen LogP contribution >= 0.6 is 24.0 Å². The summed E-state index contributed by atoms with van der Waals surface area (Å²) in [7, 11) is 5.56. The molecule has 0 amide bonds. The number of hydrogen-bond donors (Lipinski definition) is 2. The van der Waals surface area contributed by atoms with E-state index in [9.17, 15) is 0 Å². The Morgan fingerprint density at radius 1 is 1.43 bits per heavy atom. The van der Waals surface area contributed by atoms with Crippen LogP contribution < -0.4 is 15.4 Å². The largest absolute Gasteiger partial charge is 0.497 e. The zero-order valence-electron chi connectivity index (χ0n) is 14.0. The molecule has 0 bridgehead atoms. The molecule has 0 saturated carbocycles. The van der Waals surface area contributed by atoms with E-state index < -0.39 is 0 Å². The van der Waals surface area contributed by atoms with Gasteiger partial charge in [-0.3, -0.25) is 4.99 Å². The quantitative estimate of drug-likeness (QED) is 0.416. The Labute approximate surface area is 155 Å². The zero-order chi connectivity index (χ0) is 15.8. The molecule has 1 heterocycles. The SMILES string of the molecule is CN=C(NCc1cccc(OC)c1)NCC1CN(C)CCO1.I. The monoisotopic (exact) mass is 434 g/mol. The van der Waals surface area contributed by atoms with Crippen molar-refractivity contribution in [3.63, 3.8) is 0 Å². The number of nitrogens with zero attached hydrogens (tertiary/aromatic N) is 2. The lowest BCUT2D eigenvalue weighted by Crippen LogP contribution is -2.48. The van der Waals surface area contributed by atoms with Gasteiger partial charge in [0, 0.05) is 33.2 Å². The number of guanidine groups is 1. The second-order valence-electron chi connectivity index (χ2n) is 5.41. The molecule has 130 valence electrons. The number of aliphatic imine (C=N–C) groups is 1. The molecule has 2 rings (SSSR count). The van der Waals surface area contributed by atoms with E-state index in [1.54, 1.807) is 14.2 Å². The highest BCUT2D eigenvalue weighted by Crippen LogP contribution is 2.12. The van der Waals surface area contributed by atoms with E-state index in [0.29, 0.717) is 6.54 Å². The molecular weight excluding hydrogens is 407 g/mol. The lowest BCUT2D eigenvalue weighted by molar-refractivity contribution is -0.0161. The fourth-order valence-corrected chi connectivity index (χ4v) is 2.39. The summed E-state index contributed by atoms with van der Waals surface area (Å²) >= 11 is 0. The van der Waals surface area contributed by atoms with E-state index >= 15 is 0 Å². The van der Waals surface area contributed by atoms with Crippen molar-refractivity contribution < 1.29 is 9.47 Å². The molecule has 1 saturated heterocycles. The molecule has 7 heteroatoms. The third-order valence-corrected chi connectivity index (χ3v) is 3.66. The van der Waals surface area contributed by atoms with Crippen molar-refractivity contribution >= 4 is 29.9 Å². The number of benzene rings is 1. The fraction of sp³-hybridized carbons (Fsp3) is 0.562. The van der Waals surface area contributed by atoms with E-state index in [1.807, 2.05) is 18.2 Å². The van der Waals surface area contributed by atoms with Gasteiger partial charge in [-0.1, -0.05) is 12.1 Å². The van der Waals surface area contributed by atoms with Gasteiger partial charge in [0.25, 0.3) is 0 Å². The van der Waals surface area contributed by atoms with Crippen LogP contribution in [-0.4, -0.2) is 64.4 Å². The summed E-state index contributed by atoms with van der Waals surface area (Å²) in [5, 5.41) is 6.62. The molecule has 1 unspecified atom stereocenters. The normalized spacial score (nSPS) is 18.9. The second kappa shape index (κ2) is 10.7. The number of rotatable bonds is 5. The van der Waals surface area contributed by atoms with Crippen molar-refractivity contribution in [2.24, 2.45) is 4.99 Å². The fourth-order valence-electron chi connectivity index (χ4n) is 2.39. The van der Waals surface area contributed by atoms with Gasteiger partial charge in [-0.15, -0.1) is 24.0 Å². The lowest BCUT2D eigenvalue weighted by Gasteiger charge is -2.30. The Bertz CT molecular complexity index is 499. The highest BCUT2D eigenvalue weighted by atomic mass is 127. The summed E-state index contributed by atoms with van der Waals surface area (Å²) in [5.74, 6) is 1.64. The van der Waals surface area contributed by atoms with Crippen LogP contribution in [0.25, 0.3) is 0 Å². The van der Waals surface area contributed by atoms with E-state index in [2.05, 4.69) is 33.6 Å². The summed E-state index contributed by atoms with van der Waals surface area (Å²) in [6, 6.07) is 7.99. The molecule has 0 aliphatic carbocycles. The summed E-state index contributed by atoms with van der Waals surface area (Å²) in [6.45, 7) is 4.18. The van der Waals surface area contributed by atoms with Gasteiger partial charge >= 0.3 is 0 Å². The van der Waals surface area contributed by atoms with Gasteiger partial charge in [-0.05, 0) is 24.7 Å². The van der Waals surface area contributed by atoms with E-state index in [4.69, 9.17) is 9.47 Å². The Hall–Kier alpha value is -1.06. The highest BCUT2D eigenvalue weighted by Gasteiger charge is 2.17. The smallest absolute Gasteiger partial charge is 0.191 e. The predicted molar refractivity (Wildman–Crippen MR) is 104 cm³/mol. The minimum Gasteiger partial charge on any atom is -0.497 e. The van der Waals surface area contributed by atoms with Gasteiger partial charge in [0.15, 0.2) is 5.96 Å². The number of likely N-dealkylation sites (N-methyl/N-ethyl adjacent to an activating group) is 1. The third-order valence-electron chi connectivity index (χ3n) is 3.66. The van der Waals surface area contributed by atoms with Crippen LogP contribution in [0.5, 0.6) is 5.75 Å². The van der Waals surface area contributed by atoms with Crippen LogP contribution in [0.15, 0.2) is 29.3 Å². The molecule has 1 aliphatic rings. The first kappa shape index (κ1) is 20.0. The van der Waals surface area contributed by atoms with Crippen LogP contribution in [0.4, 0.5) is 0 Å². The van der Waals surface area contributed by atoms with Gasteiger partial charge in [0.05, 0.1) is 19.8 Å². The van der Waals surface area contributed by atoms with Crippen LogP contribution in [0, 0.1) is 0 Å². The Balaban J connectivity index is 0.00000264. The van der Waals surface area contributed by atoms with Gasteiger partial charge in [-0.25, -0.2) is 0 Å². The molecule has 23 heavy (non-hydrogen) atoms. The number of nitrogens with one attached hydrogen (secondary N) is 2. The van der Waals surface area contributed by atoms with Gasteiger partial charge in [0.2, 0.25) is 0 Å². The second-order valence-corrected chi connectivity index (χ2v) is 5.41. The number of morpholine rings is 1. The van der Waals surface area contributed by atoms with Crippen LogP contribution in [-0.2, 0) is 11.3 Å². The maximum Gasteiger partial charge on any atom is 0.191 e. The first-order chi connectivity index (χ1) is 10.7. The van der Waals surface area contributed by atoms with Crippen molar-refractivity contribution in [3.8, 4) is 5.75 Å². The standard InChI is InChI=1S/C16H26N4O2.HI/c1-17-16(19-11-15-12-20(2)7-8-22-15)18-10-13-5-4-6-14(9-13)21-3;/h4-6,9,15H,7-8,10-12H2,1-3H3,(H2,17,18,19);1H. The van der Waals surface area contributed by atoms with Crippen molar-refractivity contribution in [2.45, 2.75) is 12.6 Å². The summed E-state index contributed by atoms with van der Waals surface area (Å²) in [6.07, 6.45) is 0.203. The average molecular weight is 434 g/mol. The molecule has 1 atom stereocenters. The average Bonchev–Trinajstić information content (AvgIpc) is 2.55. The molecular formula is C16H27IN4O2. The molecule has 0 radical (unpaired) electrons. The van der Waals surface area contributed by atoms with Gasteiger partial charge in [0.1, 0.15) is 5.75 Å². The number of halogens is 1. The minimum absolute atomic E-state index is 0. The Morgan fingerprint density at radius 3 is 2.96 bits per heavy atom. The highest BCUT2D eigenvalue weighted by molar-refractivity contribution is 14.0. The summed E-state index contributed by atoms with van der Waals surface area (Å²) in [5.41, 5.74) is 1.15. The number of ether oxygens (including phenoxy) is 2. The van der Waals surface area contributed by atoms with Gasteiger partial charge in [-0.2, -0.15) is 0 Å². The topological polar surface area (TPSA) is 58.1 Å². The van der Waals surface area contributed by atoms with Gasteiger partial charge < -0.3 is 25.0 Å². The molecule has 2 N–H and O–H groups in total. The Morgan fingerprint density at radius 2 is 2.26 bits per heavy atom. The van der Waals surface area contributed by atoms with Crippen molar-refractivity contribution in [1.82, 2.24) is 15.5 Å². The van der Waals surface area contributed by atoms with Crippen LogP contribution in [0.2, 0.25) is 0 Å². The van der Waals surface area contributed by atoms with Crippen LogP contribution in [0.3, 0.4) is 0 Å². The van der Waals surface area contributed by atoms with Crippen molar-refractivity contribution in [3.05, 3.63) is 29.8 Å².